The zero-order valence-corrected chi connectivity index (χ0v) is 23.5. The standard InChI is InChI=1S/C30H18Cl4N2O4/c31-18-5-4-17(25(33)11-18)15-38-20-3-1-2-16(10-20)28-23-9-7-21(13-27(23)40-29(36)24(28)14-35)39-30(37)22-8-6-19(32)12-26(22)34/h1-13,28H,15,36H2. The molecule has 0 amide bonds. The van der Waals surface area contributed by atoms with Crippen LogP contribution in [0.25, 0.3) is 0 Å². The SMILES string of the molecule is N#CC1=C(N)Oc2cc(OC(=O)c3ccc(Cl)cc3Cl)ccc2C1c1cccc(OCc2ccc(Cl)cc2Cl)c1. The van der Waals surface area contributed by atoms with E-state index in [4.69, 9.17) is 66.3 Å². The maximum Gasteiger partial charge on any atom is 0.345 e. The third-order valence-corrected chi connectivity index (χ3v) is 7.29. The van der Waals surface area contributed by atoms with E-state index >= 15 is 0 Å². The van der Waals surface area contributed by atoms with Crippen molar-refractivity contribution in [2.75, 3.05) is 0 Å². The highest BCUT2D eigenvalue weighted by Gasteiger charge is 2.31. The minimum absolute atomic E-state index is 0.0523. The van der Waals surface area contributed by atoms with E-state index in [1.165, 1.54) is 18.2 Å². The van der Waals surface area contributed by atoms with Crippen LogP contribution in [0.1, 0.15) is 33.0 Å². The lowest BCUT2D eigenvalue weighted by Crippen LogP contribution is -2.21. The molecule has 1 aliphatic rings. The molecule has 1 atom stereocenters. The van der Waals surface area contributed by atoms with E-state index < -0.39 is 11.9 Å². The minimum Gasteiger partial charge on any atom is -0.489 e. The van der Waals surface area contributed by atoms with Gasteiger partial charge in [-0.25, -0.2) is 4.79 Å². The van der Waals surface area contributed by atoms with E-state index in [1.54, 1.807) is 42.5 Å². The number of carbonyl (C=O) groups excluding carboxylic acids is 1. The van der Waals surface area contributed by atoms with Gasteiger partial charge in [0.1, 0.15) is 35.5 Å². The number of carbonyl (C=O) groups is 1. The van der Waals surface area contributed by atoms with Gasteiger partial charge in [-0.2, -0.15) is 5.26 Å². The number of hydrogen-bond acceptors (Lipinski definition) is 6. The lowest BCUT2D eigenvalue weighted by Gasteiger charge is -2.27. The predicted molar refractivity (Wildman–Crippen MR) is 154 cm³/mol. The fraction of sp³-hybridized carbons (Fsp3) is 0.0667. The van der Waals surface area contributed by atoms with Crippen LogP contribution in [0.4, 0.5) is 0 Å². The third-order valence-electron chi connectivity index (χ3n) is 6.15. The van der Waals surface area contributed by atoms with E-state index in [2.05, 4.69) is 6.07 Å². The van der Waals surface area contributed by atoms with E-state index in [0.29, 0.717) is 32.1 Å². The molecule has 0 aliphatic carbocycles. The molecule has 0 aromatic heterocycles. The number of allylic oxidation sites excluding steroid dienone is 1. The summed E-state index contributed by atoms with van der Waals surface area (Å²) in [6, 6.07) is 24.0. The molecule has 1 unspecified atom stereocenters. The number of fused-ring (bicyclic) bond motifs is 1. The highest BCUT2D eigenvalue weighted by Crippen LogP contribution is 2.44. The smallest absolute Gasteiger partial charge is 0.345 e. The van der Waals surface area contributed by atoms with Crippen LogP contribution < -0.4 is 19.9 Å². The number of nitriles is 1. The molecule has 5 rings (SSSR count). The second-order valence-corrected chi connectivity index (χ2v) is 10.4. The zero-order chi connectivity index (χ0) is 28.4. The van der Waals surface area contributed by atoms with Gasteiger partial charge in [-0.05, 0) is 54.1 Å². The third kappa shape index (κ3) is 5.84. The van der Waals surface area contributed by atoms with Gasteiger partial charge in [-0.15, -0.1) is 0 Å². The molecule has 4 aromatic carbocycles. The van der Waals surface area contributed by atoms with Gasteiger partial charge in [-0.1, -0.05) is 70.7 Å². The van der Waals surface area contributed by atoms with Crippen LogP contribution in [0.3, 0.4) is 0 Å². The zero-order valence-electron chi connectivity index (χ0n) is 20.5. The Morgan fingerprint density at radius 3 is 2.38 bits per heavy atom. The molecule has 1 aliphatic heterocycles. The molecule has 0 radical (unpaired) electrons. The largest absolute Gasteiger partial charge is 0.489 e. The van der Waals surface area contributed by atoms with Crippen molar-refractivity contribution < 1.29 is 19.0 Å². The number of nitrogens with two attached hydrogens (primary N) is 1. The Labute approximate surface area is 250 Å². The topological polar surface area (TPSA) is 94.6 Å². The van der Waals surface area contributed by atoms with Crippen LogP contribution in [0.15, 0.2) is 90.3 Å². The number of benzene rings is 4. The molecule has 0 bridgehead atoms. The van der Waals surface area contributed by atoms with Crippen molar-refractivity contribution >= 4 is 52.4 Å². The van der Waals surface area contributed by atoms with Gasteiger partial charge in [0, 0.05) is 32.3 Å². The van der Waals surface area contributed by atoms with Crippen molar-refractivity contribution in [1.82, 2.24) is 0 Å². The maximum absolute atomic E-state index is 12.7. The van der Waals surface area contributed by atoms with Crippen molar-refractivity contribution in [3.8, 4) is 23.3 Å². The molecule has 1 heterocycles. The number of halogens is 4. The first-order valence-corrected chi connectivity index (χ1v) is 13.3. The van der Waals surface area contributed by atoms with Crippen molar-refractivity contribution in [3.63, 3.8) is 0 Å². The quantitative estimate of drug-likeness (QED) is 0.174. The fourth-order valence-electron chi connectivity index (χ4n) is 4.24. The first-order valence-electron chi connectivity index (χ1n) is 11.8. The summed E-state index contributed by atoms with van der Waals surface area (Å²) in [5.41, 5.74) is 8.73. The maximum atomic E-state index is 12.7. The summed E-state index contributed by atoms with van der Waals surface area (Å²) in [6.07, 6.45) is 0. The van der Waals surface area contributed by atoms with E-state index in [0.717, 1.165) is 11.1 Å². The molecule has 4 aromatic rings. The van der Waals surface area contributed by atoms with Crippen LogP contribution in [0.2, 0.25) is 20.1 Å². The van der Waals surface area contributed by atoms with Crippen LogP contribution in [-0.4, -0.2) is 5.97 Å². The Bertz CT molecular complexity index is 1710. The Morgan fingerprint density at radius 1 is 0.900 bits per heavy atom. The average Bonchev–Trinajstić information content (AvgIpc) is 2.91. The lowest BCUT2D eigenvalue weighted by molar-refractivity contribution is 0.0734. The summed E-state index contributed by atoms with van der Waals surface area (Å²) in [7, 11) is 0. The van der Waals surface area contributed by atoms with Gasteiger partial charge in [0.15, 0.2) is 0 Å². The highest BCUT2D eigenvalue weighted by molar-refractivity contribution is 6.36. The predicted octanol–water partition coefficient (Wildman–Crippen LogP) is 8.32. The van der Waals surface area contributed by atoms with Gasteiger partial charge >= 0.3 is 5.97 Å². The second-order valence-electron chi connectivity index (χ2n) is 8.74. The minimum atomic E-state index is -0.666. The number of esters is 1. The van der Waals surface area contributed by atoms with Crippen molar-refractivity contribution in [3.05, 3.63) is 133 Å². The van der Waals surface area contributed by atoms with Gasteiger partial charge < -0.3 is 19.9 Å². The average molecular weight is 612 g/mol. The molecule has 2 N–H and O–H groups in total. The number of nitrogens with zero attached hydrogens (tertiary/aromatic N) is 1. The highest BCUT2D eigenvalue weighted by atomic mass is 35.5. The molecule has 40 heavy (non-hydrogen) atoms. The van der Waals surface area contributed by atoms with Gasteiger partial charge in [0.05, 0.1) is 16.5 Å². The molecular formula is C30H18Cl4N2O4. The Kier molecular flexibility index (Phi) is 8.11. The van der Waals surface area contributed by atoms with Crippen molar-refractivity contribution in [1.29, 1.82) is 5.26 Å². The monoisotopic (exact) mass is 610 g/mol. The summed E-state index contributed by atoms with van der Waals surface area (Å²) in [5.74, 6) is -0.152. The Hall–Kier alpha value is -3.86. The summed E-state index contributed by atoms with van der Waals surface area (Å²) in [6.45, 7) is 0.221. The van der Waals surface area contributed by atoms with E-state index in [1.807, 2.05) is 18.2 Å². The molecule has 10 heteroatoms. The normalized spacial score (nSPS) is 14.1. The molecule has 200 valence electrons. The van der Waals surface area contributed by atoms with Gasteiger partial charge in [0.2, 0.25) is 5.88 Å². The van der Waals surface area contributed by atoms with E-state index in [-0.39, 0.29) is 34.4 Å². The van der Waals surface area contributed by atoms with Crippen molar-refractivity contribution in [2.45, 2.75) is 12.5 Å². The second kappa shape index (κ2) is 11.7. The molecule has 6 nitrogen and oxygen atoms in total. The number of hydrogen-bond donors (Lipinski definition) is 1. The summed E-state index contributed by atoms with van der Waals surface area (Å²) < 4.78 is 17.3. The van der Waals surface area contributed by atoms with E-state index in [9.17, 15) is 10.1 Å². The van der Waals surface area contributed by atoms with Crippen LogP contribution in [0, 0.1) is 11.3 Å². The lowest BCUT2D eigenvalue weighted by atomic mass is 9.83. The summed E-state index contributed by atoms with van der Waals surface area (Å²) >= 11 is 24.3. The molecule has 0 saturated heterocycles. The summed E-state index contributed by atoms with van der Waals surface area (Å²) in [5, 5.41) is 11.5. The number of rotatable bonds is 6. The molecular weight excluding hydrogens is 594 g/mol. The fourth-order valence-corrected chi connectivity index (χ4v) is 5.19. The first kappa shape index (κ1) is 27.7. The Balaban J connectivity index is 1.42. The van der Waals surface area contributed by atoms with Crippen LogP contribution in [0.5, 0.6) is 17.2 Å². The molecule has 0 spiro atoms. The van der Waals surface area contributed by atoms with Crippen LogP contribution >= 0.6 is 46.4 Å². The van der Waals surface area contributed by atoms with Crippen LogP contribution in [-0.2, 0) is 6.61 Å². The Morgan fingerprint density at radius 2 is 1.65 bits per heavy atom. The van der Waals surface area contributed by atoms with Gasteiger partial charge in [-0.3, -0.25) is 0 Å². The molecule has 0 saturated carbocycles. The first-order chi connectivity index (χ1) is 19.2. The van der Waals surface area contributed by atoms with Crippen molar-refractivity contribution in [2.24, 2.45) is 5.73 Å². The molecule has 0 fully saturated rings. The number of ether oxygens (including phenoxy) is 3. The van der Waals surface area contributed by atoms with Gasteiger partial charge in [0.25, 0.3) is 0 Å². The summed E-state index contributed by atoms with van der Waals surface area (Å²) in [4.78, 5) is 12.7.